The van der Waals surface area contributed by atoms with Gasteiger partial charge in [0.05, 0.1) is 6.10 Å². The summed E-state index contributed by atoms with van der Waals surface area (Å²) in [6.45, 7) is 0.540. The number of thioether (sulfide) groups is 1. The highest BCUT2D eigenvalue weighted by molar-refractivity contribution is 7.99. The van der Waals surface area contributed by atoms with Crippen molar-refractivity contribution in [3.63, 3.8) is 0 Å². The van der Waals surface area contributed by atoms with Crippen LogP contribution in [-0.2, 0) is 11.8 Å². The molecular weight excluding hydrogens is 268 g/mol. The van der Waals surface area contributed by atoms with Crippen molar-refractivity contribution in [1.82, 2.24) is 25.5 Å². The number of hydrogen-bond acceptors (Lipinski definition) is 7. The number of aliphatic hydroxyl groups excluding tert-OH is 1. The Balaban J connectivity index is 1.66. The number of tetrazole rings is 1. The first kappa shape index (κ1) is 14.2. The van der Waals surface area contributed by atoms with Crippen LogP contribution in [0.4, 0.5) is 0 Å². The van der Waals surface area contributed by atoms with Crippen LogP contribution >= 0.6 is 11.8 Å². The van der Waals surface area contributed by atoms with E-state index in [1.54, 1.807) is 11.7 Å². The van der Waals surface area contributed by atoms with Crippen LogP contribution in [0.3, 0.4) is 0 Å². The molecule has 1 amide bonds. The minimum Gasteiger partial charge on any atom is -0.391 e. The Hall–Kier alpha value is -1.19. The van der Waals surface area contributed by atoms with Gasteiger partial charge in [0.25, 0.3) is 0 Å². The first-order chi connectivity index (χ1) is 9.08. The predicted molar refractivity (Wildman–Crippen MR) is 69.2 cm³/mol. The summed E-state index contributed by atoms with van der Waals surface area (Å²) in [4.78, 5) is 11.8. The quantitative estimate of drug-likeness (QED) is 0.446. The Morgan fingerprint density at radius 2 is 2.42 bits per heavy atom. The van der Waals surface area contributed by atoms with Gasteiger partial charge in [-0.3, -0.25) is 4.79 Å². The van der Waals surface area contributed by atoms with Crippen molar-refractivity contribution >= 4 is 17.7 Å². The lowest BCUT2D eigenvalue weighted by molar-refractivity contribution is -0.124. The molecule has 1 heterocycles. The topological polar surface area (TPSA) is 119 Å². The molecule has 0 radical (unpaired) electrons. The zero-order valence-electron chi connectivity index (χ0n) is 10.7. The molecule has 9 heteroatoms. The van der Waals surface area contributed by atoms with Crippen molar-refractivity contribution in [3.8, 4) is 0 Å². The van der Waals surface area contributed by atoms with Crippen LogP contribution in [-0.4, -0.2) is 55.7 Å². The summed E-state index contributed by atoms with van der Waals surface area (Å²) in [7, 11) is 1.77. The summed E-state index contributed by atoms with van der Waals surface area (Å²) in [6, 6.07) is -0.283. The molecule has 8 nitrogen and oxygen atoms in total. The first-order valence-corrected chi connectivity index (χ1v) is 7.13. The minimum atomic E-state index is -0.560. The van der Waals surface area contributed by atoms with Gasteiger partial charge in [-0.1, -0.05) is 11.8 Å². The molecule has 3 atom stereocenters. The zero-order chi connectivity index (χ0) is 13.8. The standard InChI is InChI=1S/C10H18N6O2S/c1-16-10(13-14-15-16)19-3-2-12-9(18)6-4-7(11)8(17)5-6/h6-8,17H,2-5,11H2,1H3,(H,12,18)/t6-,7-,8-/m0/s1. The summed E-state index contributed by atoms with van der Waals surface area (Å²) >= 11 is 1.48. The van der Waals surface area contributed by atoms with E-state index in [0.717, 1.165) is 0 Å². The summed E-state index contributed by atoms with van der Waals surface area (Å²) < 4.78 is 1.58. The number of nitrogens with one attached hydrogen (secondary N) is 1. The molecule has 0 bridgehead atoms. The van der Waals surface area contributed by atoms with Crippen LogP contribution in [0.1, 0.15) is 12.8 Å². The molecule has 1 aromatic rings. The van der Waals surface area contributed by atoms with E-state index in [1.807, 2.05) is 0 Å². The van der Waals surface area contributed by atoms with Gasteiger partial charge in [0, 0.05) is 31.3 Å². The van der Waals surface area contributed by atoms with E-state index in [4.69, 9.17) is 5.73 Å². The van der Waals surface area contributed by atoms with Crippen molar-refractivity contribution < 1.29 is 9.90 Å². The number of nitrogens with zero attached hydrogens (tertiary/aromatic N) is 4. The summed E-state index contributed by atoms with van der Waals surface area (Å²) in [5.41, 5.74) is 5.68. The highest BCUT2D eigenvalue weighted by Crippen LogP contribution is 2.24. The molecule has 0 aliphatic heterocycles. The molecule has 2 rings (SSSR count). The second kappa shape index (κ2) is 6.31. The highest BCUT2D eigenvalue weighted by Gasteiger charge is 2.34. The second-order valence-electron chi connectivity index (χ2n) is 4.62. The lowest BCUT2D eigenvalue weighted by Gasteiger charge is -2.09. The van der Waals surface area contributed by atoms with Gasteiger partial charge in [0.15, 0.2) is 0 Å². The highest BCUT2D eigenvalue weighted by atomic mass is 32.2. The maximum atomic E-state index is 11.8. The molecule has 106 valence electrons. The summed E-state index contributed by atoms with van der Waals surface area (Å²) in [5.74, 6) is 0.483. The van der Waals surface area contributed by atoms with E-state index in [9.17, 15) is 9.90 Å². The van der Waals surface area contributed by atoms with Crippen LogP contribution in [0.5, 0.6) is 0 Å². The fourth-order valence-corrected chi connectivity index (χ4v) is 2.77. The molecule has 4 N–H and O–H groups in total. The van der Waals surface area contributed by atoms with E-state index in [1.165, 1.54) is 11.8 Å². The van der Waals surface area contributed by atoms with Crippen molar-refractivity contribution in [2.24, 2.45) is 18.7 Å². The monoisotopic (exact) mass is 286 g/mol. The zero-order valence-corrected chi connectivity index (χ0v) is 11.5. The van der Waals surface area contributed by atoms with Gasteiger partial charge in [-0.2, -0.15) is 0 Å². The molecule has 1 saturated carbocycles. The molecule has 19 heavy (non-hydrogen) atoms. The van der Waals surface area contributed by atoms with Gasteiger partial charge < -0.3 is 16.2 Å². The van der Waals surface area contributed by atoms with Crippen molar-refractivity contribution in [1.29, 1.82) is 0 Å². The van der Waals surface area contributed by atoms with Crippen molar-refractivity contribution in [2.75, 3.05) is 12.3 Å². The number of aryl methyl sites for hydroxylation is 1. The van der Waals surface area contributed by atoms with Gasteiger partial charge in [-0.25, -0.2) is 4.68 Å². The van der Waals surface area contributed by atoms with Crippen molar-refractivity contribution in [2.45, 2.75) is 30.1 Å². The van der Waals surface area contributed by atoms with E-state index in [2.05, 4.69) is 20.8 Å². The Labute approximate surface area is 115 Å². The van der Waals surface area contributed by atoms with Crippen LogP contribution in [0.25, 0.3) is 0 Å². The minimum absolute atomic E-state index is 0.0382. The molecule has 1 aliphatic carbocycles. The van der Waals surface area contributed by atoms with E-state index in [0.29, 0.717) is 30.3 Å². The molecule has 0 saturated heterocycles. The maximum Gasteiger partial charge on any atom is 0.223 e. The smallest absolute Gasteiger partial charge is 0.223 e. The van der Waals surface area contributed by atoms with Crippen molar-refractivity contribution in [3.05, 3.63) is 0 Å². The van der Waals surface area contributed by atoms with E-state index < -0.39 is 6.10 Å². The van der Waals surface area contributed by atoms with Crippen LogP contribution < -0.4 is 11.1 Å². The first-order valence-electron chi connectivity index (χ1n) is 6.14. The number of carbonyl (C=O) groups is 1. The third-order valence-electron chi connectivity index (χ3n) is 3.16. The number of nitrogens with two attached hydrogens (primary N) is 1. The van der Waals surface area contributed by atoms with Crippen LogP contribution in [0, 0.1) is 5.92 Å². The average Bonchev–Trinajstić information content (AvgIpc) is 2.92. The second-order valence-corrected chi connectivity index (χ2v) is 5.69. The van der Waals surface area contributed by atoms with Gasteiger partial charge in [0.1, 0.15) is 0 Å². The number of rotatable bonds is 5. The molecule has 1 aromatic heterocycles. The summed E-state index contributed by atoms with van der Waals surface area (Å²) in [5, 5.41) is 24.1. The number of amides is 1. The predicted octanol–water partition coefficient (Wildman–Crippen LogP) is -1.48. The van der Waals surface area contributed by atoms with Crippen LogP contribution in [0.2, 0.25) is 0 Å². The molecule has 0 spiro atoms. The average molecular weight is 286 g/mol. The lowest BCUT2D eigenvalue weighted by atomic mass is 10.1. The Morgan fingerprint density at radius 3 is 3.00 bits per heavy atom. The number of hydrogen-bond donors (Lipinski definition) is 3. The lowest BCUT2D eigenvalue weighted by Crippen LogP contribution is -2.32. The molecule has 0 aromatic carbocycles. The van der Waals surface area contributed by atoms with E-state index in [-0.39, 0.29) is 17.9 Å². The third kappa shape index (κ3) is 3.64. The van der Waals surface area contributed by atoms with Gasteiger partial charge in [0.2, 0.25) is 11.1 Å². The fraction of sp³-hybridized carbons (Fsp3) is 0.800. The Bertz CT molecular complexity index is 429. The maximum absolute atomic E-state index is 11.8. The van der Waals surface area contributed by atoms with Crippen LogP contribution in [0.15, 0.2) is 5.16 Å². The number of carbonyl (C=O) groups excluding carboxylic acids is 1. The molecule has 1 fully saturated rings. The Kier molecular flexibility index (Phi) is 4.72. The number of aromatic nitrogens is 4. The van der Waals surface area contributed by atoms with Gasteiger partial charge >= 0.3 is 0 Å². The molecule has 1 aliphatic rings. The Morgan fingerprint density at radius 1 is 1.63 bits per heavy atom. The normalized spacial score (nSPS) is 26.6. The number of aliphatic hydroxyl groups is 1. The van der Waals surface area contributed by atoms with E-state index >= 15 is 0 Å². The largest absolute Gasteiger partial charge is 0.391 e. The third-order valence-corrected chi connectivity index (χ3v) is 4.17. The van der Waals surface area contributed by atoms with Gasteiger partial charge in [-0.15, -0.1) is 5.10 Å². The molecular formula is C10H18N6O2S. The fourth-order valence-electron chi connectivity index (χ4n) is 2.07. The summed E-state index contributed by atoms with van der Waals surface area (Å²) in [6.07, 6.45) is 0.440. The molecule has 0 unspecified atom stereocenters. The van der Waals surface area contributed by atoms with Gasteiger partial charge in [-0.05, 0) is 23.3 Å². The SMILES string of the molecule is Cn1nnnc1SCCNC(=O)[C@H]1C[C@H](N)[C@@H](O)C1.